The van der Waals surface area contributed by atoms with E-state index in [0.717, 1.165) is 19.3 Å². The van der Waals surface area contributed by atoms with Crippen LogP contribution in [-0.2, 0) is 10.2 Å². The first-order chi connectivity index (χ1) is 8.19. The van der Waals surface area contributed by atoms with Crippen LogP contribution in [0.2, 0.25) is 0 Å². The molecular weight excluding hydrogens is 210 g/mol. The van der Waals surface area contributed by atoms with Crippen LogP contribution in [0.15, 0.2) is 30.3 Å². The van der Waals surface area contributed by atoms with Gasteiger partial charge in [-0.2, -0.15) is 0 Å². The molecule has 2 N–H and O–H groups in total. The van der Waals surface area contributed by atoms with Gasteiger partial charge >= 0.3 is 0 Å². The van der Waals surface area contributed by atoms with Gasteiger partial charge < -0.3 is 10.5 Å². The summed E-state index contributed by atoms with van der Waals surface area (Å²) in [5, 5.41) is 0. The molecule has 4 rings (SSSR count). The van der Waals surface area contributed by atoms with Crippen LogP contribution in [0.4, 0.5) is 0 Å². The van der Waals surface area contributed by atoms with Crippen molar-refractivity contribution in [3.8, 4) is 0 Å². The van der Waals surface area contributed by atoms with E-state index < -0.39 is 0 Å². The van der Waals surface area contributed by atoms with Crippen LogP contribution in [0.25, 0.3) is 0 Å². The van der Waals surface area contributed by atoms with Gasteiger partial charge in [0, 0.05) is 18.1 Å². The van der Waals surface area contributed by atoms with E-state index in [-0.39, 0.29) is 17.1 Å². The summed E-state index contributed by atoms with van der Waals surface area (Å²) < 4.78 is 5.77. The lowest BCUT2D eigenvalue weighted by Gasteiger charge is -2.56. The Labute approximate surface area is 103 Å². The zero-order valence-corrected chi connectivity index (χ0v) is 10.5. The Morgan fingerprint density at radius 1 is 1.12 bits per heavy atom. The summed E-state index contributed by atoms with van der Waals surface area (Å²) in [6, 6.07) is 10.9. The van der Waals surface area contributed by atoms with Gasteiger partial charge in [-0.3, -0.25) is 0 Å². The lowest BCUT2D eigenvalue weighted by Crippen LogP contribution is -2.61. The topological polar surface area (TPSA) is 35.2 Å². The zero-order valence-electron chi connectivity index (χ0n) is 10.5. The first kappa shape index (κ1) is 11.2. The molecule has 2 nitrogen and oxygen atoms in total. The molecule has 0 aliphatic heterocycles. The summed E-state index contributed by atoms with van der Waals surface area (Å²) in [5.74, 6) is 0. The Bertz CT molecular complexity index is 393. The third kappa shape index (κ3) is 1.62. The SMILES string of the molecule is COC1CC2(N)CCC1(c1ccccc1)CC2. The van der Waals surface area contributed by atoms with Gasteiger partial charge in [0.25, 0.3) is 0 Å². The van der Waals surface area contributed by atoms with Crippen molar-refractivity contribution in [3.63, 3.8) is 0 Å². The van der Waals surface area contributed by atoms with Crippen LogP contribution in [-0.4, -0.2) is 18.8 Å². The van der Waals surface area contributed by atoms with Gasteiger partial charge in [-0.15, -0.1) is 0 Å². The third-order valence-electron chi connectivity index (χ3n) is 4.98. The molecule has 1 unspecified atom stereocenters. The smallest absolute Gasteiger partial charge is 0.0685 e. The maximum Gasteiger partial charge on any atom is 0.0685 e. The lowest BCUT2D eigenvalue weighted by molar-refractivity contribution is -0.0619. The predicted octanol–water partition coefficient (Wildman–Crippen LogP) is 2.61. The second kappa shape index (κ2) is 3.82. The summed E-state index contributed by atoms with van der Waals surface area (Å²) >= 11 is 0. The zero-order chi connectivity index (χ0) is 11.9. The Morgan fingerprint density at radius 3 is 2.35 bits per heavy atom. The maximum atomic E-state index is 6.42. The quantitative estimate of drug-likeness (QED) is 0.849. The molecule has 0 heterocycles. The fourth-order valence-corrected chi connectivity index (χ4v) is 3.84. The Hall–Kier alpha value is -0.860. The largest absolute Gasteiger partial charge is 0.380 e. The fourth-order valence-electron chi connectivity index (χ4n) is 3.84. The van der Waals surface area contributed by atoms with E-state index in [9.17, 15) is 0 Å². The van der Waals surface area contributed by atoms with Crippen molar-refractivity contribution >= 4 is 0 Å². The molecule has 17 heavy (non-hydrogen) atoms. The average molecular weight is 231 g/mol. The van der Waals surface area contributed by atoms with Gasteiger partial charge in [0.1, 0.15) is 0 Å². The normalized spacial score (nSPS) is 40.5. The van der Waals surface area contributed by atoms with E-state index in [0.29, 0.717) is 0 Å². The first-order valence-corrected chi connectivity index (χ1v) is 6.56. The molecule has 0 amide bonds. The van der Waals surface area contributed by atoms with Crippen LogP contribution < -0.4 is 5.73 Å². The summed E-state index contributed by atoms with van der Waals surface area (Å²) in [4.78, 5) is 0. The monoisotopic (exact) mass is 231 g/mol. The van der Waals surface area contributed by atoms with Crippen molar-refractivity contribution in [2.75, 3.05) is 7.11 Å². The molecule has 92 valence electrons. The molecule has 1 aromatic carbocycles. The molecule has 0 spiro atoms. The van der Waals surface area contributed by atoms with E-state index in [1.807, 2.05) is 7.11 Å². The van der Waals surface area contributed by atoms with Gasteiger partial charge in [-0.1, -0.05) is 30.3 Å². The Balaban J connectivity index is 2.01. The van der Waals surface area contributed by atoms with E-state index >= 15 is 0 Å². The highest BCUT2D eigenvalue weighted by Gasteiger charge is 2.53. The average Bonchev–Trinajstić information content (AvgIpc) is 2.40. The van der Waals surface area contributed by atoms with Gasteiger partial charge in [-0.25, -0.2) is 0 Å². The molecular formula is C15H21NO. The second-order valence-corrected chi connectivity index (χ2v) is 5.81. The molecule has 2 heteroatoms. The highest BCUT2D eigenvalue weighted by atomic mass is 16.5. The number of rotatable bonds is 2. The van der Waals surface area contributed by atoms with E-state index in [2.05, 4.69) is 30.3 Å². The predicted molar refractivity (Wildman–Crippen MR) is 68.9 cm³/mol. The third-order valence-corrected chi connectivity index (χ3v) is 4.98. The lowest BCUT2D eigenvalue weighted by atomic mass is 9.53. The summed E-state index contributed by atoms with van der Waals surface area (Å²) in [7, 11) is 1.83. The number of methoxy groups -OCH3 is 1. The van der Waals surface area contributed by atoms with Crippen molar-refractivity contribution in [3.05, 3.63) is 35.9 Å². The van der Waals surface area contributed by atoms with Crippen molar-refractivity contribution in [1.29, 1.82) is 0 Å². The van der Waals surface area contributed by atoms with E-state index in [1.165, 1.54) is 18.4 Å². The van der Waals surface area contributed by atoms with Gasteiger partial charge in [-0.05, 0) is 37.7 Å². The van der Waals surface area contributed by atoms with Crippen molar-refractivity contribution < 1.29 is 4.74 Å². The van der Waals surface area contributed by atoms with E-state index in [1.54, 1.807) is 0 Å². The minimum Gasteiger partial charge on any atom is -0.380 e. The van der Waals surface area contributed by atoms with Gasteiger partial charge in [0.05, 0.1) is 6.10 Å². The molecule has 0 radical (unpaired) electrons. The minimum atomic E-state index is 0.0389. The van der Waals surface area contributed by atoms with Crippen LogP contribution in [0.3, 0.4) is 0 Å². The van der Waals surface area contributed by atoms with Crippen LogP contribution >= 0.6 is 0 Å². The molecule has 3 aliphatic carbocycles. The number of hydrogen-bond acceptors (Lipinski definition) is 2. The number of fused-ring (bicyclic) bond motifs is 3. The van der Waals surface area contributed by atoms with Gasteiger partial charge in [0.15, 0.2) is 0 Å². The molecule has 0 aromatic heterocycles. The molecule has 3 aliphatic rings. The molecule has 3 saturated carbocycles. The Kier molecular flexibility index (Phi) is 2.53. The first-order valence-electron chi connectivity index (χ1n) is 6.56. The molecule has 1 atom stereocenters. The second-order valence-electron chi connectivity index (χ2n) is 5.81. The number of ether oxygens (including phenoxy) is 1. The van der Waals surface area contributed by atoms with Crippen molar-refractivity contribution in [2.24, 2.45) is 5.73 Å². The van der Waals surface area contributed by atoms with Crippen LogP contribution in [0, 0.1) is 0 Å². The van der Waals surface area contributed by atoms with Gasteiger partial charge in [0.2, 0.25) is 0 Å². The molecule has 3 fully saturated rings. The number of hydrogen-bond donors (Lipinski definition) is 1. The van der Waals surface area contributed by atoms with E-state index in [4.69, 9.17) is 10.5 Å². The number of benzene rings is 1. The summed E-state index contributed by atoms with van der Waals surface area (Å²) in [5.41, 5.74) is 8.12. The number of nitrogens with two attached hydrogens (primary N) is 1. The van der Waals surface area contributed by atoms with Crippen LogP contribution in [0.5, 0.6) is 0 Å². The standard InChI is InChI=1S/C15H21NO/c1-17-13-11-14(16)7-9-15(13,10-8-14)12-5-3-2-4-6-12/h2-6,13H,7-11,16H2,1H3. The maximum absolute atomic E-state index is 6.42. The molecule has 1 aromatic rings. The molecule has 0 saturated heterocycles. The highest BCUT2D eigenvalue weighted by Crippen LogP contribution is 2.53. The highest BCUT2D eigenvalue weighted by molar-refractivity contribution is 5.31. The van der Waals surface area contributed by atoms with Crippen LogP contribution in [0.1, 0.15) is 37.7 Å². The van der Waals surface area contributed by atoms with Crippen molar-refractivity contribution in [2.45, 2.75) is 49.2 Å². The van der Waals surface area contributed by atoms with Crippen molar-refractivity contribution in [1.82, 2.24) is 0 Å². The fraction of sp³-hybridized carbons (Fsp3) is 0.600. The summed E-state index contributed by atoms with van der Waals surface area (Å²) in [6.45, 7) is 0. The molecule has 2 bridgehead atoms. The Morgan fingerprint density at radius 2 is 1.76 bits per heavy atom. The minimum absolute atomic E-state index is 0.0389. The summed E-state index contributed by atoms with van der Waals surface area (Å²) in [6.07, 6.45) is 5.93.